The van der Waals surface area contributed by atoms with Crippen molar-refractivity contribution in [1.29, 1.82) is 0 Å². The first kappa shape index (κ1) is 17.6. The van der Waals surface area contributed by atoms with Crippen LogP contribution in [0, 0.1) is 5.41 Å². The summed E-state index contributed by atoms with van der Waals surface area (Å²) in [6.07, 6.45) is -4.24. The molecular weight excluding hydrogens is 357 g/mol. The predicted molar refractivity (Wildman–Crippen MR) is 85.1 cm³/mol. The van der Waals surface area contributed by atoms with Gasteiger partial charge in [-0.2, -0.15) is 18.3 Å². The van der Waals surface area contributed by atoms with Gasteiger partial charge in [0.1, 0.15) is 5.03 Å². The standard InChI is InChI=1S/C15H21F3N4O2S/c1-20-13(4-12(19-20)15(16,17)18)25-22-9-14(10-22)7-21(8-14)5-11-6-23-2-3-24-11/h4,11H,2-3,5-10H2,1H3. The van der Waals surface area contributed by atoms with Crippen molar-refractivity contribution in [3.8, 4) is 0 Å². The Morgan fingerprint density at radius 3 is 2.64 bits per heavy atom. The molecule has 1 spiro atoms. The molecule has 0 radical (unpaired) electrons. The highest BCUT2D eigenvalue weighted by atomic mass is 32.2. The van der Waals surface area contributed by atoms with Gasteiger partial charge in [-0.25, -0.2) is 4.31 Å². The number of halogens is 3. The minimum atomic E-state index is -4.40. The molecule has 0 amide bonds. The Labute approximate surface area is 148 Å². The fraction of sp³-hybridized carbons (Fsp3) is 0.800. The molecule has 3 aliphatic heterocycles. The first-order valence-electron chi connectivity index (χ1n) is 8.29. The highest BCUT2D eigenvalue weighted by Gasteiger charge is 2.52. The van der Waals surface area contributed by atoms with Gasteiger partial charge in [-0.3, -0.25) is 9.58 Å². The smallest absolute Gasteiger partial charge is 0.376 e. The Bertz CT molecular complexity index is 619. The van der Waals surface area contributed by atoms with Crippen molar-refractivity contribution in [1.82, 2.24) is 19.0 Å². The maximum Gasteiger partial charge on any atom is 0.435 e. The van der Waals surface area contributed by atoms with Gasteiger partial charge in [0, 0.05) is 51.3 Å². The second-order valence-electron chi connectivity index (χ2n) is 7.12. The number of ether oxygens (including phenoxy) is 2. The van der Waals surface area contributed by atoms with Crippen LogP contribution in [0.2, 0.25) is 0 Å². The lowest BCUT2D eigenvalue weighted by atomic mass is 9.74. The van der Waals surface area contributed by atoms with Crippen LogP contribution in [0.3, 0.4) is 0 Å². The molecule has 1 aromatic heterocycles. The molecular formula is C15H21F3N4O2S. The SMILES string of the molecule is Cn1nc(C(F)(F)F)cc1SN1CC2(CN(CC3COCCO3)C2)C1. The summed E-state index contributed by atoms with van der Waals surface area (Å²) in [7, 11) is 1.55. The third-order valence-corrected chi connectivity index (χ3v) is 5.92. The summed E-state index contributed by atoms with van der Waals surface area (Å²) in [5, 5.41) is 4.07. The van der Waals surface area contributed by atoms with E-state index >= 15 is 0 Å². The summed E-state index contributed by atoms with van der Waals surface area (Å²) >= 11 is 1.35. The van der Waals surface area contributed by atoms with Crippen molar-refractivity contribution < 1.29 is 22.6 Å². The normalized spacial score (nSPS) is 27.3. The number of aryl methyl sites for hydroxylation is 1. The molecule has 10 heteroatoms. The van der Waals surface area contributed by atoms with Crippen LogP contribution in [-0.2, 0) is 22.7 Å². The second-order valence-corrected chi connectivity index (χ2v) is 8.23. The molecule has 0 aromatic carbocycles. The number of hydrogen-bond donors (Lipinski definition) is 0. The van der Waals surface area contributed by atoms with E-state index in [-0.39, 0.29) is 11.5 Å². The summed E-state index contributed by atoms with van der Waals surface area (Å²) in [4.78, 5) is 2.37. The molecule has 25 heavy (non-hydrogen) atoms. The second kappa shape index (κ2) is 6.41. The Kier molecular flexibility index (Phi) is 4.52. The van der Waals surface area contributed by atoms with E-state index in [1.54, 1.807) is 7.05 Å². The third kappa shape index (κ3) is 3.68. The molecule has 0 bridgehead atoms. The Hall–Kier alpha value is -0.810. The summed E-state index contributed by atoms with van der Waals surface area (Å²) in [6.45, 7) is 6.71. The van der Waals surface area contributed by atoms with Crippen LogP contribution in [0.25, 0.3) is 0 Å². The van der Waals surface area contributed by atoms with Crippen LogP contribution in [-0.4, -0.2) is 77.6 Å². The van der Waals surface area contributed by atoms with Gasteiger partial charge in [0.05, 0.1) is 25.9 Å². The van der Waals surface area contributed by atoms with Gasteiger partial charge < -0.3 is 9.47 Å². The van der Waals surface area contributed by atoms with Crippen molar-refractivity contribution in [3.05, 3.63) is 11.8 Å². The van der Waals surface area contributed by atoms with Gasteiger partial charge in [0.15, 0.2) is 5.69 Å². The number of alkyl halides is 3. The van der Waals surface area contributed by atoms with E-state index in [4.69, 9.17) is 9.47 Å². The minimum Gasteiger partial charge on any atom is -0.376 e. The minimum absolute atomic E-state index is 0.159. The largest absolute Gasteiger partial charge is 0.435 e. The lowest BCUT2D eigenvalue weighted by molar-refractivity contribution is -0.141. The van der Waals surface area contributed by atoms with Gasteiger partial charge in [-0.05, 0) is 11.9 Å². The average molecular weight is 378 g/mol. The highest BCUT2D eigenvalue weighted by Crippen LogP contribution is 2.44. The maximum atomic E-state index is 12.7. The summed E-state index contributed by atoms with van der Waals surface area (Å²) in [6, 6.07) is 1.11. The van der Waals surface area contributed by atoms with E-state index in [1.165, 1.54) is 16.6 Å². The molecule has 1 unspecified atom stereocenters. The van der Waals surface area contributed by atoms with E-state index in [2.05, 4.69) is 14.3 Å². The molecule has 140 valence electrons. The van der Waals surface area contributed by atoms with E-state index in [9.17, 15) is 13.2 Å². The Balaban J connectivity index is 1.23. The molecule has 0 aliphatic carbocycles. The molecule has 4 heterocycles. The van der Waals surface area contributed by atoms with E-state index in [0.717, 1.165) is 38.8 Å². The van der Waals surface area contributed by atoms with Crippen LogP contribution < -0.4 is 0 Å². The number of rotatable bonds is 4. The molecule has 6 nitrogen and oxygen atoms in total. The van der Waals surface area contributed by atoms with E-state index in [0.29, 0.717) is 24.8 Å². The fourth-order valence-corrected chi connectivity index (χ4v) is 5.00. The summed E-state index contributed by atoms with van der Waals surface area (Å²) in [5.74, 6) is 0. The lowest BCUT2D eigenvalue weighted by Crippen LogP contribution is -2.71. The van der Waals surface area contributed by atoms with Crippen LogP contribution >= 0.6 is 11.9 Å². The topological polar surface area (TPSA) is 42.8 Å². The number of nitrogens with zero attached hydrogens (tertiary/aromatic N) is 4. The van der Waals surface area contributed by atoms with Crippen LogP contribution in [0.4, 0.5) is 13.2 Å². The third-order valence-electron chi connectivity index (χ3n) is 4.84. The van der Waals surface area contributed by atoms with Crippen LogP contribution in [0.1, 0.15) is 5.69 Å². The van der Waals surface area contributed by atoms with Crippen LogP contribution in [0.5, 0.6) is 0 Å². The van der Waals surface area contributed by atoms with Gasteiger partial charge in [0.2, 0.25) is 0 Å². The molecule has 1 aromatic rings. The molecule has 3 fully saturated rings. The summed E-state index contributed by atoms with van der Waals surface area (Å²) < 4.78 is 52.6. The zero-order valence-electron chi connectivity index (χ0n) is 14.0. The Morgan fingerprint density at radius 2 is 2.04 bits per heavy atom. The predicted octanol–water partition coefficient (Wildman–Crippen LogP) is 1.48. The fourth-order valence-electron chi connectivity index (χ4n) is 3.73. The summed E-state index contributed by atoms with van der Waals surface area (Å²) in [5.41, 5.74) is -0.550. The van der Waals surface area contributed by atoms with Crippen molar-refractivity contribution in [2.24, 2.45) is 12.5 Å². The number of aromatic nitrogens is 2. The zero-order valence-corrected chi connectivity index (χ0v) is 14.8. The first-order chi connectivity index (χ1) is 11.8. The first-order valence-corrected chi connectivity index (χ1v) is 9.06. The molecule has 1 atom stereocenters. The zero-order chi connectivity index (χ0) is 17.7. The monoisotopic (exact) mass is 378 g/mol. The quantitative estimate of drug-likeness (QED) is 0.740. The van der Waals surface area contributed by atoms with Gasteiger partial charge in [-0.1, -0.05) is 0 Å². The number of likely N-dealkylation sites (tertiary alicyclic amines) is 1. The molecule has 3 aliphatic rings. The van der Waals surface area contributed by atoms with Crippen molar-refractivity contribution in [2.75, 3.05) is 52.5 Å². The van der Waals surface area contributed by atoms with Crippen molar-refractivity contribution in [3.63, 3.8) is 0 Å². The van der Waals surface area contributed by atoms with Crippen LogP contribution in [0.15, 0.2) is 11.1 Å². The average Bonchev–Trinajstić information content (AvgIpc) is 2.85. The van der Waals surface area contributed by atoms with Crippen molar-refractivity contribution in [2.45, 2.75) is 17.3 Å². The molecule has 3 saturated heterocycles. The maximum absolute atomic E-state index is 12.7. The highest BCUT2D eigenvalue weighted by molar-refractivity contribution is 7.97. The lowest BCUT2D eigenvalue weighted by Gasteiger charge is -2.60. The number of hydrogen-bond acceptors (Lipinski definition) is 6. The van der Waals surface area contributed by atoms with Gasteiger partial charge in [0.25, 0.3) is 0 Å². The van der Waals surface area contributed by atoms with Gasteiger partial charge >= 0.3 is 6.18 Å². The Morgan fingerprint density at radius 1 is 1.28 bits per heavy atom. The van der Waals surface area contributed by atoms with Gasteiger partial charge in [-0.15, -0.1) is 0 Å². The molecule has 4 rings (SSSR count). The van der Waals surface area contributed by atoms with E-state index in [1.807, 2.05) is 0 Å². The van der Waals surface area contributed by atoms with Crippen molar-refractivity contribution >= 4 is 11.9 Å². The molecule has 0 saturated carbocycles. The molecule has 0 N–H and O–H groups in total. The van der Waals surface area contributed by atoms with E-state index < -0.39 is 11.9 Å².